The van der Waals surface area contributed by atoms with Gasteiger partial charge in [-0.05, 0) is 12.5 Å². The van der Waals surface area contributed by atoms with E-state index in [4.69, 9.17) is 27.9 Å². The summed E-state index contributed by atoms with van der Waals surface area (Å²) in [6.07, 6.45) is -0.892. The summed E-state index contributed by atoms with van der Waals surface area (Å²) >= 11 is 10.9. The van der Waals surface area contributed by atoms with Crippen molar-refractivity contribution in [3.05, 3.63) is 35.4 Å². The molecule has 2 N–H and O–H groups in total. The van der Waals surface area contributed by atoms with Crippen molar-refractivity contribution in [3.8, 4) is 0 Å². The molecule has 0 bridgehead atoms. The van der Waals surface area contributed by atoms with E-state index in [1.54, 1.807) is 12.1 Å². The number of alkyl halides is 2. The predicted octanol–water partition coefficient (Wildman–Crippen LogP) is 1.96. The minimum absolute atomic E-state index is 0.154. The highest BCUT2D eigenvalue weighted by molar-refractivity contribution is 6.53. The first-order chi connectivity index (χ1) is 8.95. The maximum absolute atomic E-state index is 11.5. The van der Waals surface area contributed by atoms with E-state index in [2.05, 4.69) is 5.32 Å². The molecule has 106 valence electrons. The van der Waals surface area contributed by atoms with E-state index >= 15 is 0 Å². The van der Waals surface area contributed by atoms with Gasteiger partial charge in [0, 0.05) is 7.11 Å². The number of halogens is 2. The lowest BCUT2D eigenvalue weighted by Crippen LogP contribution is -2.44. The zero-order valence-corrected chi connectivity index (χ0v) is 12.3. The van der Waals surface area contributed by atoms with E-state index in [1.807, 2.05) is 19.1 Å². The highest BCUT2D eigenvalue weighted by Gasteiger charge is 2.24. The van der Waals surface area contributed by atoms with Crippen LogP contribution in [0.4, 0.5) is 0 Å². The molecule has 0 radical (unpaired) electrons. The first-order valence-corrected chi connectivity index (χ1v) is 6.65. The van der Waals surface area contributed by atoms with Gasteiger partial charge in [0.05, 0.1) is 12.6 Å². The molecule has 1 aromatic rings. The molecule has 19 heavy (non-hydrogen) atoms. The van der Waals surface area contributed by atoms with E-state index in [0.717, 1.165) is 5.56 Å². The molecule has 0 heterocycles. The zero-order chi connectivity index (χ0) is 14.4. The van der Waals surface area contributed by atoms with Crippen molar-refractivity contribution < 1.29 is 14.6 Å². The minimum atomic E-state index is -1.18. The number of nitrogens with one attached hydrogen (secondary N) is 1. The van der Waals surface area contributed by atoms with Crippen molar-refractivity contribution in [1.29, 1.82) is 0 Å². The molecule has 6 heteroatoms. The Morgan fingerprint density at radius 2 is 1.95 bits per heavy atom. The van der Waals surface area contributed by atoms with Gasteiger partial charge in [-0.25, -0.2) is 0 Å². The number of hydrogen-bond donors (Lipinski definition) is 2. The third-order valence-electron chi connectivity index (χ3n) is 2.67. The molecule has 2 atom stereocenters. The lowest BCUT2D eigenvalue weighted by molar-refractivity contribution is -0.121. The Labute approximate surface area is 122 Å². The maximum Gasteiger partial charge on any atom is 0.253 e. The van der Waals surface area contributed by atoms with E-state index in [-0.39, 0.29) is 6.61 Å². The summed E-state index contributed by atoms with van der Waals surface area (Å²) in [7, 11) is 1.49. The van der Waals surface area contributed by atoms with Crippen molar-refractivity contribution in [2.24, 2.45) is 0 Å². The van der Waals surface area contributed by atoms with Crippen LogP contribution < -0.4 is 5.32 Å². The van der Waals surface area contributed by atoms with E-state index in [1.165, 1.54) is 7.11 Å². The van der Waals surface area contributed by atoms with Crippen LogP contribution in [-0.4, -0.2) is 35.6 Å². The van der Waals surface area contributed by atoms with E-state index in [0.29, 0.717) is 5.56 Å². The Hall–Kier alpha value is -0.810. The Morgan fingerprint density at radius 3 is 2.42 bits per heavy atom. The number of carbonyl (C=O) groups excluding carboxylic acids is 1. The van der Waals surface area contributed by atoms with Gasteiger partial charge < -0.3 is 15.2 Å². The van der Waals surface area contributed by atoms with Crippen LogP contribution in [0, 0.1) is 6.92 Å². The molecule has 0 aliphatic carbocycles. The van der Waals surface area contributed by atoms with Gasteiger partial charge in [-0.15, -0.1) is 0 Å². The second-order valence-corrected chi connectivity index (χ2v) is 5.32. The van der Waals surface area contributed by atoms with Crippen molar-refractivity contribution in [1.82, 2.24) is 5.32 Å². The number of aryl methyl sites for hydroxylation is 1. The average molecular weight is 306 g/mol. The predicted molar refractivity (Wildman–Crippen MR) is 75.4 cm³/mol. The standard InChI is InChI=1S/C13H17Cl2NO3/c1-8-3-5-9(6-4-8)11(17)10(7-19-2)16-13(18)12(14)15/h3-6,10-12,17H,7H2,1-2H3,(H,16,18). The normalized spacial score (nSPS) is 14.2. The third kappa shape index (κ3) is 4.99. The van der Waals surface area contributed by atoms with Crippen LogP contribution in [-0.2, 0) is 9.53 Å². The summed E-state index contributed by atoms with van der Waals surface area (Å²) in [5.41, 5.74) is 1.78. The molecule has 0 spiro atoms. The Kier molecular flexibility index (Phi) is 6.58. The lowest BCUT2D eigenvalue weighted by Gasteiger charge is -2.24. The molecule has 4 nitrogen and oxygen atoms in total. The molecule has 0 aliphatic heterocycles. The minimum Gasteiger partial charge on any atom is -0.386 e. The molecule has 0 saturated heterocycles. The van der Waals surface area contributed by atoms with Crippen LogP contribution >= 0.6 is 23.2 Å². The van der Waals surface area contributed by atoms with Gasteiger partial charge in [0.15, 0.2) is 4.84 Å². The van der Waals surface area contributed by atoms with Crippen molar-refractivity contribution >= 4 is 29.1 Å². The number of hydrogen-bond acceptors (Lipinski definition) is 3. The Bertz CT molecular complexity index is 409. The van der Waals surface area contributed by atoms with Crippen molar-refractivity contribution in [3.63, 3.8) is 0 Å². The molecular formula is C13H17Cl2NO3. The molecule has 2 unspecified atom stereocenters. The van der Waals surface area contributed by atoms with Gasteiger partial charge in [0.1, 0.15) is 6.10 Å². The number of rotatable bonds is 6. The second kappa shape index (κ2) is 7.70. The van der Waals surface area contributed by atoms with Crippen LogP contribution in [0.5, 0.6) is 0 Å². The molecule has 0 aliphatic rings. The van der Waals surface area contributed by atoms with E-state index < -0.39 is 22.9 Å². The van der Waals surface area contributed by atoms with Gasteiger partial charge >= 0.3 is 0 Å². The quantitative estimate of drug-likeness (QED) is 0.790. The fourth-order valence-corrected chi connectivity index (χ4v) is 1.76. The summed E-state index contributed by atoms with van der Waals surface area (Å²) < 4.78 is 4.99. The Balaban J connectivity index is 2.80. The van der Waals surface area contributed by atoms with Gasteiger partial charge in [0.25, 0.3) is 5.91 Å². The first-order valence-electron chi connectivity index (χ1n) is 5.77. The summed E-state index contributed by atoms with van der Waals surface area (Å²) in [6, 6.07) is 6.76. The lowest BCUT2D eigenvalue weighted by atomic mass is 10.0. The fraction of sp³-hybridized carbons (Fsp3) is 0.462. The summed E-state index contributed by atoms with van der Waals surface area (Å²) in [5.74, 6) is -0.559. The third-order valence-corrected chi connectivity index (χ3v) is 3.07. The molecule has 1 aromatic carbocycles. The van der Waals surface area contributed by atoms with Gasteiger partial charge in [-0.1, -0.05) is 53.0 Å². The number of methoxy groups -OCH3 is 1. The molecule has 0 aromatic heterocycles. The average Bonchev–Trinajstić information content (AvgIpc) is 2.38. The zero-order valence-electron chi connectivity index (χ0n) is 10.8. The summed E-state index contributed by atoms with van der Waals surface area (Å²) in [5, 5.41) is 12.8. The monoisotopic (exact) mass is 305 g/mol. The fourth-order valence-electron chi connectivity index (χ4n) is 1.63. The SMILES string of the molecule is COCC(NC(=O)C(Cl)Cl)C(O)c1ccc(C)cc1. The maximum atomic E-state index is 11.5. The summed E-state index contributed by atoms with van der Waals surface area (Å²) in [4.78, 5) is 10.3. The number of carbonyl (C=O) groups is 1. The van der Waals surface area contributed by atoms with E-state index in [9.17, 15) is 9.90 Å². The van der Waals surface area contributed by atoms with Gasteiger partial charge in [-0.2, -0.15) is 0 Å². The van der Waals surface area contributed by atoms with Gasteiger partial charge in [0.2, 0.25) is 0 Å². The van der Waals surface area contributed by atoms with Crippen LogP contribution in [0.3, 0.4) is 0 Å². The number of aliphatic hydroxyl groups is 1. The molecule has 0 saturated carbocycles. The smallest absolute Gasteiger partial charge is 0.253 e. The number of ether oxygens (including phenoxy) is 1. The van der Waals surface area contributed by atoms with Crippen LogP contribution in [0.2, 0.25) is 0 Å². The topological polar surface area (TPSA) is 58.6 Å². The van der Waals surface area contributed by atoms with Crippen molar-refractivity contribution in [2.45, 2.75) is 23.9 Å². The highest BCUT2D eigenvalue weighted by Crippen LogP contribution is 2.18. The largest absolute Gasteiger partial charge is 0.386 e. The molecule has 1 amide bonds. The van der Waals surface area contributed by atoms with Crippen LogP contribution in [0.15, 0.2) is 24.3 Å². The van der Waals surface area contributed by atoms with Gasteiger partial charge in [-0.3, -0.25) is 4.79 Å². The number of benzene rings is 1. The Morgan fingerprint density at radius 1 is 1.37 bits per heavy atom. The highest BCUT2D eigenvalue weighted by atomic mass is 35.5. The molecular weight excluding hydrogens is 289 g/mol. The molecule has 0 fully saturated rings. The van der Waals surface area contributed by atoms with Crippen molar-refractivity contribution in [2.75, 3.05) is 13.7 Å². The number of aliphatic hydroxyl groups excluding tert-OH is 1. The first kappa shape index (κ1) is 16.2. The summed E-state index contributed by atoms with van der Waals surface area (Å²) in [6.45, 7) is 2.11. The number of amides is 1. The second-order valence-electron chi connectivity index (χ2n) is 4.23. The van der Waals surface area contributed by atoms with Crippen LogP contribution in [0.25, 0.3) is 0 Å². The van der Waals surface area contributed by atoms with Crippen LogP contribution in [0.1, 0.15) is 17.2 Å². The molecule has 1 rings (SSSR count).